The average Bonchev–Trinajstić information content (AvgIpc) is 2.93. The van der Waals surface area contributed by atoms with Crippen LogP contribution in [-0.4, -0.2) is 30.6 Å². The van der Waals surface area contributed by atoms with Crippen molar-refractivity contribution in [3.63, 3.8) is 0 Å². The van der Waals surface area contributed by atoms with Crippen molar-refractivity contribution >= 4 is 17.3 Å². The number of benzene rings is 2. The van der Waals surface area contributed by atoms with Crippen LogP contribution >= 0.6 is 0 Å². The molecule has 7 nitrogen and oxygen atoms in total. The molecule has 1 spiro atoms. The second-order valence-electron chi connectivity index (χ2n) is 8.26. The maximum absolute atomic E-state index is 14.2. The number of rotatable bonds is 0. The van der Waals surface area contributed by atoms with Crippen LogP contribution in [0.3, 0.4) is 0 Å². The van der Waals surface area contributed by atoms with Gasteiger partial charge >= 0.3 is 0 Å². The fourth-order valence-corrected chi connectivity index (χ4v) is 5.05. The summed E-state index contributed by atoms with van der Waals surface area (Å²) in [5.41, 5.74) is 8.54. The van der Waals surface area contributed by atoms with Gasteiger partial charge in [-0.25, -0.2) is 4.39 Å². The van der Waals surface area contributed by atoms with Gasteiger partial charge in [0.2, 0.25) is 5.91 Å². The standard InChI is InChI=1S/C24H19FN4O3/c25-14-2-3-18-16(9-14)24(23(30)28-18)11-19-15-10-21-20(31-6-1-7-32-21)8-13(15)4-5-29(19)22(27)17(24)12-26/h2-3,8-11H,1,4-7,27H2,(H,28,30)/t24-/m0/s1. The van der Waals surface area contributed by atoms with Gasteiger partial charge in [-0.2, -0.15) is 5.26 Å². The smallest absolute Gasteiger partial charge is 0.244 e. The fraction of sp³-hybridized carbons (Fsp3) is 0.250. The molecule has 0 aromatic heterocycles. The highest BCUT2D eigenvalue weighted by Crippen LogP contribution is 2.51. The lowest BCUT2D eigenvalue weighted by Crippen LogP contribution is -2.45. The number of ether oxygens (including phenoxy) is 2. The van der Waals surface area contributed by atoms with Crippen LogP contribution in [0.5, 0.6) is 11.5 Å². The number of nitrogens with zero attached hydrogens (tertiary/aromatic N) is 2. The van der Waals surface area contributed by atoms with Gasteiger partial charge in [-0.3, -0.25) is 4.79 Å². The van der Waals surface area contributed by atoms with Crippen molar-refractivity contribution < 1.29 is 18.7 Å². The molecule has 2 aromatic rings. The van der Waals surface area contributed by atoms with Crippen LogP contribution in [0.2, 0.25) is 0 Å². The molecule has 3 N–H and O–H groups in total. The lowest BCUT2D eigenvalue weighted by Gasteiger charge is -2.41. The van der Waals surface area contributed by atoms with E-state index in [0.29, 0.717) is 54.6 Å². The van der Waals surface area contributed by atoms with Gasteiger partial charge < -0.3 is 25.4 Å². The molecule has 160 valence electrons. The monoisotopic (exact) mass is 430 g/mol. The van der Waals surface area contributed by atoms with Crippen molar-refractivity contribution in [1.29, 1.82) is 5.26 Å². The highest BCUT2D eigenvalue weighted by Gasteiger charge is 2.53. The summed E-state index contributed by atoms with van der Waals surface area (Å²) in [5.74, 6) is 0.625. The first-order valence-electron chi connectivity index (χ1n) is 10.5. The predicted octanol–water partition coefficient (Wildman–Crippen LogP) is 2.78. The number of anilines is 1. The summed E-state index contributed by atoms with van der Waals surface area (Å²) in [4.78, 5) is 15.2. The Kier molecular flexibility index (Phi) is 3.81. The Morgan fingerprint density at radius 1 is 1.19 bits per heavy atom. The number of halogens is 1. The molecule has 0 bridgehead atoms. The van der Waals surface area contributed by atoms with Crippen molar-refractivity contribution in [2.45, 2.75) is 18.3 Å². The van der Waals surface area contributed by atoms with Crippen LogP contribution < -0.4 is 20.5 Å². The number of carbonyl (C=O) groups excluding carboxylic acids is 1. The minimum atomic E-state index is -1.50. The molecular weight excluding hydrogens is 411 g/mol. The number of nitriles is 1. The van der Waals surface area contributed by atoms with Crippen molar-refractivity contribution in [1.82, 2.24) is 4.90 Å². The Morgan fingerprint density at radius 2 is 1.97 bits per heavy atom. The van der Waals surface area contributed by atoms with Crippen molar-refractivity contribution in [2.24, 2.45) is 5.73 Å². The second kappa shape index (κ2) is 6.50. The molecule has 4 aliphatic rings. The summed E-state index contributed by atoms with van der Waals surface area (Å²) in [5, 5.41) is 12.8. The molecule has 8 heteroatoms. The normalized spacial score (nSPS) is 22.9. The van der Waals surface area contributed by atoms with E-state index in [4.69, 9.17) is 15.2 Å². The van der Waals surface area contributed by atoms with E-state index < -0.39 is 17.1 Å². The highest BCUT2D eigenvalue weighted by molar-refractivity contribution is 6.12. The van der Waals surface area contributed by atoms with Crippen LogP contribution in [0.4, 0.5) is 10.1 Å². The van der Waals surface area contributed by atoms with Gasteiger partial charge in [-0.1, -0.05) is 0 Å². The zero-order chi connectivity index (χ0) is 22.0. The summed E-state index contributed by atoms with van der Waals surface area (Å²) in [6.45, 7) is 1.69. The minimum Gasteiger partial charge on any atom is -0.490 e. The zero-order valence-corrected chi connectivity index (χ0v) is 17.1. The van der Waals surface area contributed by atoms with E-state index in [0.717, 1.165) is 17.5 Å². The molecule has 6 rings (SSSR count). The largest absolute Gasteiger partial charge is 0.490 e. The predicted molar refractivity (Wildman–Crippen MR) is 114 cm³/mol. The van der Waals surface area contributed by atoms with E-state index in [1.54, 1.807) is 6.08 Å². The molecule has 0 aliphatic carbocycles. The number of amides is 1. The summed E-state index contributed by atoms with van der Waals surface area (Å²) < 4.78 is 25.9. The first-order chi connectivity index (χ1) is 15.5. The van der Waals surface area contributed by atoms with Gasteiger partial charge in [0, 0.05) is 35.5 Å². The third-order valence-corrected chi connectivity index (χ3v) is 6.56. The molecule has 1 amide bonds. The molecule has 0 saturated carbocycles. The molecule has 0 fully saturated rings. The molecular formula is C24H19FN4O3. The highest BCUT2D eigenvalue weighted by atomic mass is 19.1. The molecule has 2 aromatic carbocycles. The maximum atomic E-state index is 14.2. The van der Waals surface area contributed by atoms with Crippen molar-refractivity contribution in [3.05, 3.63) is 70.3 Å². The summed E-state index contributed by atoms with van der Waals surface area (Å²) in [6, 6.07) is 10.1. The van der Waals surface area contributed by atoms with Crippen molar-refractivity contribution in [2.75, 3.05) is 25.1 Å². The number of nitrogens with two attached hydrogens (primary N) is 1. The number of nitrogens with one attached hydrogen (secondary N) is 1. The lowest BCUT2D eigenvalue weighted by molar-refractivity contribution is -0.118. The Labute approximate surface area is 183 Å². The molecule has 0 unspecified atom stereocenters. The Hall–Kier alpha value is -3.99. The summed E-state index contributed by atoms with van der Waals surface area (Å²) in [6.07, 6.45) is 3.22. The fourth-order valence-electron chi connectivity index (χ4n) is 5.05. The second-order valence-corrected chi connectivity index (χ2v) is 8.26. The quantitative estimate of drug-likeness (QED) is 0.667. The Bertz CT molecular complexity index is 1310. The molecule has 4 heterocycles. The van der Waals surface area contributed by atoms with Crippen LogP contribution in [0, 0.1) is 17.1 Å². The molecule has 0 saturated heterocycles. The van der Waals surface area contributed by atoms with Gasteiger partial charge in [0.1, 0.15) is 23.1 Å². The molecule has 0 radical (unpaired) electrons. The zero-order valence-electron chi connectivity index (χ0n) is 17.1. The first-order valence-corrected chi connectivity index (χ1v) is 10.5. The van der Waals surface area contributed by atoms with Crippen LogP contribution in [0.15, 0.2) is 47.8 Å². The van der Waals surface area contributed by atoms with Gasteiger partial charge in [-0.05, 0) is 48.4 Å². The summed E-state index contributed by atoms with van der Waals surface area (Å²) >= 11 is 0. The van der Waals surface area contributed by atoms with Crippen LogP contribution in [0.1, 0.15) is 23.1 Å². The van der Waals surface area contributed by atoms with E-state index in [9.17, 15) is 14.4 Å². The van der Waals surface area contributed by atoms with Gasteiger partial charge in [0.25, 0.3) is 0 Å². The van der Waals surface area contributed by atoms with Gasteiger partial charge in [0.05, 0.1) is 18.8 Å². The topological polar surface area (TPSA) is 101 Å². The van der Waals surface area contributed by atoms with E-state index in [1.165, 1.54) is 18.2 Å². The third-order valence-electron chi connectivity index (χ3n) is 6.56. The number of carbonyl (C=O) groups is 1. The van der Waals surface area contributed by atoms with Crippen LogP contribution in [-0.2, 0) is 16.6 Å². The SMILES string of the molecule is N#CC1=C(N)N2CCc3cc4c(cc3C2=C[C@@]12C(=O)Nc1ccc(F)cc12)OCCCO4. The molecule has 32 heavy (non-hydrogen) atoms. The van der Waals surface area contributed by atoms with Crippen molar-refractivity contribution in [3.8, 4) is 17.6 Å². The van der Waals surface area contributed by atoms with E-state index in [-0.39, 0.29) is 11.4 Å². The molecule has 4 aliphatic heterocycles. The minimum absolute atomic E-state index is 0.0980. The number of hydrogen-bond acceptors (Lipinski definition) is 6. The average molecular weight is 430 g/mol. The van der Waals surface area contributed by atoms with Crippen LogP contribution in [0.25, 0.3) is 5.70 Å². The number of hydrogen-bond donors (Lipinski definition) is 2. The van der Waals surface area contributed by atoms with Gasteiger partial charge in [0.15, 0.2) is 11.5 Å². The van der Waals surface area contributed by atoms with E-state index >= 15 is 0 Å². The Balaban J connectivity index is 1.61. The Morgan fingerprint density at radius 3 is 2.75 bits per heavy atom. The van der Waals surface area contributed by atoms with E-state index in [1.807, 2.05) is 17.0 Å². The first kappa shape index (κ1) is 18.8. The van der Waals surface area contributed by atoms with Gasteiger partial charge in [-0.15, -0.1) is 0 Å². The lowest BCUT2D eigenvalue weighted by atomic mass is 9.71. The number of fused-ring (bicyclic) bond motifs is 6. The third kappa shape index (κ3) is 2.36. The maximum Gasteiger partial charge on any atom is 0.244 e. The molecule has 1 atom stereocenters. The van der Waals surface area contributed by atoms with E-state index in [2.05, 4.69) is 11.4 Å². The summed E-state index contributed by atoms with van der Waals surface area (Å²) in [7, 11) is 0.